The highest BCUT2D eigenvalue weighted by molar-refractivity contribution is 5.61. The molecule has 1 saturated carbocycles. The minimum absolute atomic E-state index is 0.181. The van der Waals surface area contributed by atoms with Gasteiger partial charge >= 0.3 is 0 Å². The molecule has 1 aliphatic rings. The van der Waals surface area contributed by atoms with Crippen LogP contribution >= 0.6 is 0 Å². The van der Waals surface area contributed by atoms with E-state index in [0.717, 1.165) is 37.7 Å². The third-order valence-corrected chi connectivity index (χ3v) is 4.47. The normalized spacial score (nSPS) is 22.9. The van der Waals surface area contributed by atoms with Crippen molar-refractivity contribution in [2.24, 2.45) is 11.8 Å². The molecule has 1 aromatic carbocycles. The van der Waals surface area contributed by atoms with E-state index in [1.54, 1.807) is 0 Å². The summed E-state index contributed by atoms with van der Waals surface area (Å²) in [6.07, 6.45) is 5.52. The molecule has 2 atom stereocenters. The Kier molecular flexibility index (Phi) is 5.15. The highest BCUT2D eigenvalue weighted by atomic mass is 19.1. The summed E-state index contributed by atoms with van der Waals surface area (Å²) in [7, 11) is 0. The fourth-order valence-electron chi connectivity index (χ4n) is 3.14. The Bertz CT molecular complexity index is 505. The molecule has 2 rings (SSSR count). The fourth-order valence-corrected chi connectivity index (χ4v) is 3.14. The number of anilines is 1. The smallest absolute Gasteiger partial charge is 0.295 e. The Morgan fingerprint density at radius 1 is 1.29 bits per heavy atom. The van der Waals surface area contributed by atoms with Crippen molar-refractivity contribution in [1.29, 1.82) is 0 Å². The molecule has 0 aromatic heterocycles. The van der Waals surface area contributed by atoms with Gasteiger partial charge in [-0.3, -0.25) is 10.1 Å². The van der Waals surface area contributed by atoms with E-state index in [9.17, 15) is 14.5 Å². The molecular formula is C16H23FN2O2. The van der Waals surface area contributed by atoms with Crippen molar-refractivity contribution in [3.63, 3.8) is 0 Å². The maximum atomic E-state index is 13.2. The van der Waals surface area contributed by atoms with Crippen molar-refractivity contribution < 1.29 is 9.31 Å². The van der Waals surface area contributed by atoms with Crippen LogP contribution in [0.3, 0.4) is 0 Å². The third-order valence-electron chi connectivity index (χ3n) is 4.47. The van der Waals surface area contributed by atoms with Crippen LogP contribution in [0.2, 0.25) is 0 Å². The van der Waals surface area contributed by atoms with Gasteiger partial charge in [0.25, 0.3) is 5.69 Å². The van der Waals surface area contributed by atoms with Crippen LogP contribution in [0.25, 0.3) is 0 Å². The number of halogens is 1. The van der Waals surface area contributed by atoms with Crippen LogP contribution in [-0.4, -0.2) is 11.0 Å². The first-order valence-corrected chi connectivity index (χ1v) is 7.68. The monoisotopic (exact) mass is 294 g/mol. The summed E-state index contributed by atoms with van der Waals surface area (Å²) in [5.74, 6) is 0.844. The van der Waals surface area contributed by atoms with Crippen molar-refractivity contribution in [3.05, 3.63) is 34.1 Å². The lowest BCUT2D eigenvalue weighted by Crippen LogP contribution is -2.19. The minimum atomic E-state index is -0.576. The summed E-state index contributed by atoms with van der Waals surface area (Å²) in [6.45, 7) is 4.51. The molecule has 0 radical (unpaired) electrons. The number of rotatable bonds is 4. The number of nitrogens with one attached hydrogen (secondary N) is 1. The average Bonchev–Trinajstić information content (AvgIpc) is 2.66. The van der Waals surface area contributed by atoms with E-state index in [-0.39, 0.29) is 11.7 Å². The van der Waals surface area contributed by atoms with Gasteiger partial charge < -0.3 is 5.32 Å². The molecule has 0 spiro atoms. The summed E-state index contributed by atoms with van der Waals surface area (Å²) in [5.41, 5.74) is 0.244. The lowest BCUT2D eigenvalue weighted by atomic mass is 9.89. The first-order valence-electron chi connectivity index (χ1n) is 7.68. The van der Waals surface area contributed by atoms with Crippen LogP contribution < -0.4 is 5.32 Å². The number of nitro groups is 1. The Morgan fingerprint density at radius 2 is 2.05 bits per heavy atom. The Balaban J connectivity index is 2.06. The SMILES string of the molecule is CC(C)C1CCCC(Nc2ccc(F)cc2[N+](=O)[O-])CC1. The molecule has 116 valence electrons. The minimum Gasteiger partial charge on any atom is -0.377 e. The largest absolute Gasteiger partial charge is 0.377 e. The Labute approximate surface area is 124 Å². The molecule has 5 heteroatoms. The van der Waals surface area contributed by atoms with Gasteiger partial charge in [-0.25, -0.2) is 4.39 Å². The van der Waals surface area contributed by atoms with E-state index in [1.807, 2.05) is 0 Å². The zero-order chi connectivity index (χ0) is 15.4. The molecule has 1 aliphatic carbocycles. The average molecular weight is 294 g/mol. The summed E-state index contributed by atoms with van der Waals surface area (Å²) in [5, 5.41) is 14.3. The molecule has 0 saturated heterocycles. The van der Waals surface area contributed by atoms with Crippen LogP contribution in [0, 0.1) is 27.8 Å². The van der Waals surface area contributed by atoms with Gasteiger partial charge in [-0.15, -0.1) is 0 Å². The van der Waals surface area contributed by atoms with E-state index in [1.165, 1.54) is 18.6 Å². The summed E-state index contributed by atoms with van der Waals surface area (Å²) in [4.78, 5) is 10.5. The second-order valence-electron chi connectivity index (χ2n) is 6.27. The summed E-state index contributed by atoms with van der Waals surface area (Å²) >= 11 is 0. The van der Waals surface area contributed by atoms with Gasteiger partial charge in [0.2, 0.25) is 0 Å². The summed E-state index contributed by atoms with van der Waals surface area (Å²) < 4.78 is 13.2. The zero-order valence-corrected chi connectivity index (χ0v) is 12.6. The Hall–Kier alpha value is -1.65. The quantitative estimate of drug-likeness (QED) is 0.495. The first-order chi connectivity index (χ1) is 9.97. The maximum Gasteiger partial charge on any atom is 0.295 e. The van der Waals surface area contributed by atoms with Crippen LogP contribution in [-0.2, 0) is 0 Å². The maximum absolute atomic E-state index is 13.2. The van der Waals surface area contributed by atoms with Crippen LogP contribution in [0.15, 0.2) is 18.2 Å². The van der Waals surface area contributed by atoms with Gasteiger partial charge in [-0.1, -0.05) is 26.7 Å². The van der Waals surface area contributed by atoms with Crippen molar-refractivity contribution >= 4 is 11.4 Å². The van der Waals surface area contributed by atoms with Gasteiger partial charge in [0, 0.05) is 6.04 Å². The van der Waals surface area contributed by atoms with Gasteiger partial charge in [-0.05, 0) is 43.2 Å². The van der Waals surface area contributed by atoms with Crippen molar-refractivity contribution in [2.75, 3.05) is 5.32 Å². The van der Waals surface area contributed by atoms with E-state index in [4.69, 9.17) is 0 Å². The second kappa shape index (κ2) is 6.87. The first kappa shape index (κ1) is 15.7. The molecule has 0 bridgehead atoms. The molecule has 1 aromatic rings. The number of nitrogens with zero attached hydrogens (tertiary/aromatic N) is 1. The number of benzene rings is 1. The van der Waals surface area contributed by atoms with Gasteiger partial charge in [-0.2, -0.15) is 0 Å². The van der Waals surface area contributed by atoms with Crippen LogP contribution in [0.4, 0.5) is 15.8 Å². The van der Waals surface area contributed by atoms with Gasteiger partial charge in [0.1, 0.15) is 11.5 Å². The number of nitro benzene ring substituents is 1. The fraction of sp³-hybridized carbons (Fsp3) is 0.625. The predicted octanol–water partition coefficient (Wildman–Crippen LogP) is 4.75. The van der Waals surface area contributed by atoms with Gasteiger partial charge in [0.05, 0.1) is 11.0 Å². The molecule has 0 amide bonds. The lowest BCUT2D eigenvalue weighted by molar-refractivity contribution is -0.384. The van der Waals surface area contributed by atoms with Crippen molar-refractivity contribution in [2.45, 2.75) is 52.0 Å². The number of hydrogen-bond donors (Lipinski definition) is 1. The topological polar surface area (TPSA) is 55.2 Å². The van der Waals surface area contributed by atoms with Gasteiger partial charge in [0.15, 0.2) is 0 Å². The molecule has 1 fully saturated rings. The molecular weight excluding hydrogens is 271 g/mol. The Morgan fingerprint density at radius 3 is 2.71 bits per heavy atom. The highest BCUT2D eigenvalue weighted by Crippen LogP contribution is 2.32. The zero-order valence-electron chi connectivity index (χ0n) is 12.6. The van der Waals surface area contributed by atoms with Crippen molar-refractivity contribution in [3.8, 4) is 0 Å². The van der Waals surface area contributed by atoms with E-state index in [0.29, 0.717) is 11.6 Å². The lowest BCUT2D eigenvalue weighted by Gasteiger charge is -2.19. The molecule has 2 unspecified atom stereocenters. The molecule has 0 aliphatic heterocycles. The third kappa shape index (κ3) is 4.16. The highest BCUT2D eigenvalue weighted by Gasteiger charge is 2.23. The predicted molar refractivity (Wildman–Crippen MR) is 81.9 cm³/mol. The van der Waals surface area contributed by atoms with Crippen molar-refractivity contribution in [1.82, 2.24) is 0 Å². The van der Waals surface area contributed by atoms with E-state index in [2.05, 4.69) is 19.2 Å². The molecule has 4 nitrogen and oxygen atoms in total. The molecule has 0 heterocycles. The second-order valence-corrected chi connectivity index (χ2v) is 6.27. The van der Waals surface area contributed by atoms with E-state index < -0.39 is 10.7 Å². The molecule has 1 N–H and O–H groups in total. The number of hydrogen-bond acceptors (Lipinski definition) is 3. The summed E-state index contributed by atoms with van der Waals surface area (Å²) in [6, 6.07) is 3.95. The standard InChI is InChI=1S/C16H23FN2O2/c1-11(2)12-4-3-5-14(8-6-12)18-15-9-7-13(17)10-16(15)19(20)21/h7,9-12,14,18H,3-6,8H2,1-2H3. The van der Waals surface area contributed by atoms with Crippen LogP contribution in [0.5, 0.6) is 0 Å². The van der Waals surface area contributed by atoms with Crippen LogP contribution in [0.1, 0.15) is 46.0 Å². The molecule has 21 heavy (non-hydrogen) atoms. The van der Waals surface area contributed by atoms with E-state index >= 15 is 0 Å².